The molecule has 0 aliphatic rings. The molecule has 0 radical (unpaired) electrons. The van der Waals surface area contributed by atoms with Crippen molar-refractivity contribution in [2.24, 2.45) is 11.5 Å². The number of hydrogen-bond donors (Lipinski definition) is 5. The minimum atomic E-state index is -1.34. The Morgan fingerprint density at radius 2 is 2.00 bits per heavy atom. The third kappa shape index (κ3) is 5.46. The average Bonchev–Trinajstić information content (AvgIpc) is 3.01. The Morgan fingerprint density at radius 3 is 2.69 bits per heavy atom. The topological polar surface area (TPSA) is 145 Å². The molecule has 2 aromatic rings. The summed E-state index contributed by atoms with van der Waals surface area (Å²) < 4.78 is 16.0. The number of nitrogens with two attached hydrogens (primary N) is 2. The van der Waals surface area contributed by atoms with Gasteiger partial charge in [-0.25, -0.2) is 0 Å². The average molecular weight is 364 g/mol. The van der Waals surface area contributed by atoms with E-state index in [4.69, 9.17) is 25.7 Å². The van der Waals surface area contributed by atoms with Crippen molar-refractivity contribution in [3.05, 3.63) is 35.9 Å². The van der Waals surface area contributed by atoms with Crippen molar-refractivity contribution >= 4 is 11.7 Å². The van der Waals surface area contributed by atoms with E-state index in [9.17, 15) is 9.90 Å². The normalized spacial score (nSPS) is 12.0. The fourth-order valence-corrected chi connectivity index (χ4v) is 2.33. The van der Waals surface area contributed by atoms with E-state index in [0.717, 1.165) is 5.56 Å². The monoisotopic (exact) mass is 364 g/mol. The summed E-state index contributed by atoms with van der Waals surface area (Å²) in [7, 11) is 1.61. The molecule has 1 heterocycles. The molecule has 0 saturated heterocycles. The Labute approximate surface area is 151 Å². The second-order valence-electron chi connectivity index (χ2n) is 5.37. The van der Waals surface area contributed by atoms with Crippen molar-refractivity contribution in [1.29, 1.82) is 0 Å². The number of hydrogen-bond acceptors (Lipinski definition) is 7. The van der Waals surface area contributed by atoms with Gasteiger partial charge < -0.3 is 35.4 Å². The summed E-state index contributed by atoms with van der Waals surface area (Å²) >= 11 is 0. The van der Waals surface area contributed by atoms with Gasteiger partial charge in [-0.3, -0.25) is 10.5 Å². The standard InChI is InChI=1S/C17H24N4O5/c1-24-6-7-25-8-9-26-14-5-3-2-4-11(14)13-10-12(15(18)22)16(20-13)21-17(19)23/h2-5,10,17,20-21,23H,6-9,19H2,1H3,(H2,18,22). The number of anilines is 1. The zero-order chi connectivity index (χ0) is 18.9. The predicted molar refractivity (Wildman–Crippen MR) is 96.8 cm³/mol. The number of aromatic amines is 1. The lowest BCUT2D eigenvalue weighted by atomic mass is 10.1. The Kier molecular flexibility index (Phi) is 7.42. The van der Waals surface area contributed by atoms with Crippen molar-refractivity contribution in [3.8, 4) is 17.0 Å². The third-order valence-corrected chi connectivity index (χ3v) is 3.47. The first kappa shape index (κ1) is 19.7. The maximum Gasteiger partial charge on any atom is 0.252 e. The lowest BCUT2D eigenvalue weighted by Gasteiger charge is -2.11. The number of ether oxygens (including phenoxy) is 3. The highest BCUT2D eigenvalue weighted by Gasteiger charge is 2.17. The molecule has 0 bridgehead atoms. The highest BCUT2D eigenvalue weighted by Crippen LogP contribution is 2.32. The van der Waals surface area contributed by atoms with Gasteiger partial charge >= 0.3 is 0 Å². The maximum atomic E-state index is 11.6. The molecule has 2 rings (SSSR count). The predicted octanol–water partition coefficient (Wildman–Crippen LogP) is 0.469. The fourth-order valence-electron chi connectivity index (χ4n) is 2.33. The molecule has 9 heteroatoms. The van der Waals surface area contributed by atoms with Crippen molar-refractivity contribution in [2.75, 3.05) is 38.9 Å². The minimum absolute atomic E-state index is 0.183. The molecule has 0 spiro atoms. The van der Waals surface area contributed by atoms with Gasteiger partial charge in [0, 0.05) is 12.7 Å². The number of primary amides is 1. The molecule has 1 amide bonds. The summed E-state index contributed by atoms with van der Waals surface area (Å²) in [6, 6.07) is 8.89. The molecule has 1 atom stereocenters. The molecule has 142 valence electrons. The summed E-state index contributed by atoms with van der Waals surface area (Å²) in [6.07, 6.45) is -1.34. The molecular weight excluding hydrogens is 340 g/mol. The van der Waals surface area contributed by atoms with E-state index in [0.29, 0.717) is 37.9 Å². The molecule has 0 saturated carbocycles. The Morgan fingerprint density at radius 1 is 1.27 bits per heavy atom. The van der Waals surface area contributed by atoms with Crippen LogP contribution >= 0.6 is 0 Å². The zero-order valence-corrected chi connectivity index (χ0v) is 14.5. The quantitative estimate of drug-likeness (QED) is 0.288. The number of H-pyrrole nitrogens is 1. The van der Waals surface area contributed by atoms with E-state index < -0.39 is 12.3 Å². The van der Waals surface area contributed by atoms with Gasteiger partial charge in [0.2, 0.25) is 0 Å². The van der Waals surface area contributed by atoms with Crippen molar-refractivity contribution in [2.45, 2.75) is 6.35 Å². The van der Waals surface area contributed by atoms with E-state index in [1.165, 1.54) is 0 Å². The van der Waals surface area contributed by atoms with Crippen LogP contribution in [0.5, 0.6) is 5.75 Å². The molecule has 26 heavy (non-hydrogen) atoms. The second-order valence-corrected chi connectivity index (χ2v) is 5.37. The number of para-hydroxylation sites is 1. The van der Waals surface area contributed by atoms with Crippen molar-refractivity contribution < 1.29 is 24.1 Å². The van der Waals surface area contributed by atoms with E-state index in [1.807, 2.05) is 18.2 Å². The van der Waals surface area contributed by atoms with E-state index >= 15 is 0 Å². The lowest BCUT2D eigenvalue weighted by molar-refractivity contribution is 0.0545. The van der Waals surface area contributed by atoms with Gasteiger partial charge in [-0.05, 0) is 18.2 Å². The Bertz CT molecular complexity index is 717. The molecule has 7 N–H and O–H groups in total. The fraction of sp³-hybridized carbons (Fsp3) is 0.353. The van der Waals surface area contributed by atoms with E-state index in [2.05, 4.69) is 10.3 Å². The van der Waals surface area contributed by atoms with Gasteiger partial charge in [0.25, 0.3) is 5.91 Å². The Hall–Kier alpha value is -2.59. The van der Waals surface area contributed by atoms with Crippen molar-refractivity contribution in [3.63, 3.8) is 0 Å². The van der Waals surface area contributed by atoms with Gasteiger partial charge in [-0.2, -0.15) is 0 Å². The van der Waals surface area contributed by atoms with Crippen LogP contribution in [0.1, 0.15) is 10.4 Å². The van der Waals surface area contributed by atoms with Crippen LogP contribution < -0.4 is 21.5 Å². The number of aromatic nitrogens is 1. The molecule has 0 aliphatic heterocycles. The SMILES string of the molecule is COCCOCCOc1ccccc1-c1cc(C(N)=O)c(NC(N)O)[nH]1. The van der Waals surface area contributed by atoms with Crippen LogP contribution in [0.15, 0.2) is 30.3 Å². The number of rotatable bonds is 11. The zero-order valence-electron chi connectivity index (χ0n) is 14.5. The summed E-state index contributed by atoms with van der Waals surface area (Å²) in [6.45, 7) is 1.80. The van der Waals surface area contributed by atoms with Crippen LogP contribution in [0.4, 0.5) is 5.82 Å². The van der Waals surface area contributed by atoms with Gasteiger partial charge in [-0.15, -0.1) is 0 Å². The number of methoxy groups -OCH3 is 1. The van der Waals surface area contributed by atoms with Gasteiger partial charge in [0.1, 0.15) is 18.2 Å². The number of carbonyl (C=O) groups is 1. The van der Waals surface area contributed by atoms with Crippen LogP contribution in [-0.2, 0) is 9.47 Å². The number of amides is 1. The van der Waals surface area contributed by atoms with Crippen LogP contribution in [0.2, 0.25) is 0 Å². The van der Waals surface area contributed by atoms with Crippen LogP contribution in [0.25, 0.3) is 11.3 Å². The molecule has 1 aromatic carbocycles. The Balaban J connectivity index is 2.14. The third-order valence-electron chi connectivity index (χ3n) is 3.47. The molecule has 0 aliphatic carbocycles. The largest absolute Gasteiger partial charge is 0.490 e. The van der Waals surface area contributed by atoms with Gasteiger partial charge in [-0.1, -0.05) is 12.1 Å². The summed E-state index contributed by atoms with van der Waals surface area (Å²) in [5, 5.41) is 11.8. The molecule has 0 fully saturated rings. The number of benzene rings is 1. The van der Waals surface area contributed by atoms with Crippen LogP contribution in [0, 0.1) is 0 Å². The minimum Gasteiger partial charge on any atom is -0.490 e. The number of aliphatic hydroxyl groups is 1. The van der Waals surface area contributed by atoms with E-state index in [1.54, 1.807) is 19.2 Å². The van der Waals surface area contributed by atoms with Crippen molar-refractivity contribution in [1.82, 2.24) is 4.98 Å². The number of aliphatic hydroxyl groups excluding tert-OH is 1. The van der Waals surface area contributed by atoms with Gasteiger partial charge in [0.05, 0.1) is 31.1 Å². The number of nitrogens with one attached hydrogen (secondary N) is 2. The molecular formula is C17H24N4O5. The second kappa shape index (κ2) is 9.78. The van der Waals surface area contributed by atoms with Gasteiger partial charge in [0.15, 0.2) is 6.35 Å². The highest BCUT2D eigenvalue weighted by atomic mass is 16.5. The van der Waals surface area contributed by atoms with Crippen LogP contribution in [-0.4, -0.2) is 55.9 Å². The van der Waals surface area contributed by atoms with Crippen LogP contribution in [0.3, 0.4) is 0 Å². The lowest BCUT2D eigenvalue weighted by Crippen LogP contribution is -2.29. The first-order valence-corrected chi connectivity index (χ1v) is 8.04. The molecule has 9 nitrogen and oxygen atoms in total. The molecule has 1 unspecified atom stereocenters. The summed E-state index contributed by atoms with van der Waals surface area (Å²) in [5.74, 6) is 0.195. The van der Waals surface area contributed by atoms with E-state index in [-0.39, 0.29) is 11.4 Å². The maximum absolute atomic E-state index is 11.6. The first-order valence-electron chi connectivity index (χ1n) is 8.04. The summed E-state index contributed by atoms with van der Waals surface area (Å²) in [5.41, 5.74) is 12.2. The molecule has 1 aromatic heterocycles. The number of carbonyl (C=O) groups excluding carboxylic acids is 1. The summed E-state index contributed by atoms with van der Waals surface area (Å²) in [4.78, 5) is 14.6. The highest BCUT2D eigenvalue weighted by molar-refractivity contribution is 5.99. The smallest absolute Gasteiger partial charge is 0.252 e. The first-order chi connectivity index (χ1) is 12.5.